The molecular formula is C13H9ClN2. The summed E-state index contributed by atoms with van der Waals surface area (Å²) in [5.41, 5.74) is 2.23. The lowest BCUT2D eigenvalue weighted by Crippen LogP contribution is -1.93. The molecule has 0 spiro atoms. The van der Waals surface area contributed by atoms with E-state index in [1.54, 1.807) is 18.2 Å². The van der Waals surface area contributed by atoms with E-state index in [0.29, 0.717) is 10.6 Å². The number of nitrogens with zero attached hydrogens (tertiary/aromatic N) is 1. The fourth-order valence-corrected chi connectivity index (χ4v) is 1.57. The van der Waals surface area contributed by atoms with Gasteiger partial charge in [0.05, 0.1) is 11.3 Å². The molecule has 0 radical (unpaired) electrons. The van der Waals surface area contributed by atoms with Crippen molar-refractivity contribution in [2.75, 3.05) is 5.32 Å². The van der Waals surface area contributed by atoms with Gasteiger partial charge >= 0.3 is 0 Å². The Morgan fingerprint density at radius 1 is 1.06 bits per heavy atom. The molecule has 78 valence electrons. The molecule has 0 fully saturated rings. The lowest BCUT2D eigenvalue weighted by atomic mass is 10.2. The zero-order chi connectivity index (χ0) is 11.4. The molecule has 0 aliphatic heterocycles. The van der Waals surface area contributed by atoms with Crippen LogP contribution in [0.2, 0.25) is 5.02 Å². The van der Waals surface area contributed by atoms with Crippen molar-refractivity contribution in [1.82, 2.24) is 0 Å². The number of hydrogen-bond donors (Lipinski definition) is 1. The molecule has 1 N–H and O–H groups in total. The van der Waals surface area contributed by atoms with Crippen molar-refractivity contribution in [3.8, 4) is 6.07 Å². The molecule has 2 rings (SSSR count). The second-order valence-electron chi connectivity index (χ2n) is 3.29. The number of nitrogens with one attached hydrogen (secondary N) is 1. The predicted molar refractivity (Wildman–Crippen MR) is 65.9 cm³/mol. The van der Waals surface area contributed by atoms with Gasteiger partial charge in [-0.3, -0.25) is 0 Å². The molecule has 0 aromatic heterocycles. The van der Waals surface area contributed by atoms with Gasteiger partial charge in [0.15, 0.2) is 0 Å². The Morgan fingerprint density at radius 3 is 2.50 bits per heavy atom. The van der Waals surface area contributed by atoms with Gasteiger partial charge in [-0.25, -0.2) is 0 Å². The third kappa shape index (κ3) is 2.33. The van der Waals surface area contributed by atoms with E-state index in [2.05, 4.69) is 11.4 Å². The van der Waals surface area contributed by atoms with Crippen LogP contribution in [0.15, 0.2) is 48.5 Å². The summed E-state index contributed by atoms with van der Waals surface area (Å²) in [7, 11) is 0. The molecule has 2 nitrogen and oxygen atoms in total. The molecular weight excluding hydrogens is 220 g/mol. The van der Waals surface area contributed by atoms with Gasteiger partial charge in [-0.05, 0) is 30.3 Å². The average Bonchev–Trinajstić information content (AvgIpc) is 2.31. The highest BCUT2D eigenvalue weighted by Crippen LogP contribution is 2.23. The Kier molecular flexibility index (Phi) is 3.09. The van der Waals surface area contributed by atoms with Crippen molar-refractivity contribution in [2.24, 2.45) is 0 Å². The predicted octanol–water partition coefficient (Wildman–Crippen LogP) is 3.96. The summed E-state index contributed by atoms with van der Waals surface area (Å²) in [4.78, 5) is 0. The number of benzene rings is 2. The van der Waals surface area contributed by atoms with Crippen LogP contribution in [-0.2, 0) is 0 Å². The maximum atomic E-state index is 8.95. The molecule has 0 bridgehead atoms. The summed E-state index contributed by atoms with van der Waals surface area (Å²) in [6.45, 7) is 0. The first-order chi connectivity index (χ1) is 7.79. The van der Waals surface area contributed by atoms with E-state index < -0.39 is 0 Å². The molecule has 0 saturated carbocycles. The van der Waals surface area contributed by atoms with E-state index in [4.69, 9.17) is 16.9 Å². The van der Waals surface area contributed by atoms with Gasteiger partial charge in [-0.1, -0.05) is 29.8 Å². The second kappa shape index (κ2) is 4.69. The molecule has 2 aromatic carbocycles. The second-order valence-corrected chi connectivity index (χ2v) is 3.73. The van der Waals surface area contributed by atoms with Gasteiger partial charge in [0, 0.05) is 10.7 Å². The van der Waals surface area contributed by atoms with Crippen LogP contribution in [0.4, 0.5) is 11.4 Å². The number of anilines is 2. The Bertz CT molecular complexity index is 529. The first-order valence-electron chi connectivity index (χ1n) is 4.81. The normalized spacial score (nSPS) is 9.50. The van der Waals surface area contributed by atoms with Gasteiger partial charge in [0.1, 0.15) is 6.07 Å². The zero-order valence-electron chi connectivity index (χ0n) is 8.44. The van der Waals surface area contributed by atoms with Crippen LogP contribution in [0, 0.1) is 11.3 Å². The first-order valence-corrected chi connectivity index (χ1v) is 5.19. The number of halogens is 1. The van der Waals surface area contributed by atoms with Crippen molar-refractivity contribution in [2.45, 2.75) is 0 Å². The minimum atomic E-state index is 0.577. The lowest BCUT2D eigenvalue weighted by molar-refractivity contribution is 1.46. The fourth-order valence-electron chi connectivity index (χ4n) is 1.39. The van der Waals surface area contributed by atoms with E-state index in [1.807, 2.05) is 30.3 Å². The van der Waals surface area contributed by atoms with Crippen molar-refractivity contribution >= 4 is 23.0 Å². The SMILES string of the molecule is N#Cc1ccc(Cl)cc1Nc1ccccc1. The van der Waals surface area contributed by atoms with Crippen LogP contribution < -0.4 is 5.32 Å². The maximum Gasteiger partial charge on any atom is 0.101 e. The number of rotatable bonds is 2. The van der Waals surface area contributed by atoms with Gasteiger partial charge in [0.2, 0.25) is 0 Å². The third-order valence-corrected chi connectivity index (χ3v) is 2.39. The van der Waals surface area contributed by atoms with Crippen molar-refractivity contribution < 1.29 is 0 Å². The summed E-state index contributed by atoms with van der Waals surface area (Å²) in [6.07, 6.45) is 0. The van der Waals surface area contributed by atoms with Gasteiger partial charge in [0.25, 0.3) is 0 Å². The molecule has 0 saturated heterocycles. The van der Waals surface area contributed by atoms with Gasteiger partial charge in [-0.2, -0.15) is 5.26 Å². The van der Waals surface area contributed by atoms with E-state index >= 15 is 0 Å². The highest BCUT2D eigenvalue weighted by molar-refractivity contribution is 6.30. The summed E-state index contributed by atoms with van der Waals surface area (Å²) in [6, 6.07) is 16.9. The van der Waals surface area contributed by atoms with E-state index in [9.17, 15) is 0 Å². The smallest absolute Gasteiger partial charge is 0.101 e. The Labute approximate surface area is 99.1 Å². The molecule has 2 aromatic rings. The summed E-state index contributed by atoms with van der Waals surface area (Å²) in [5.74, 6) is 0. The molecule has 3 heteroatoms. The fraction of sp³-hybridized carbons (Fsp3) is 0. The van der Waals surface area contributed by atoms with Crippen molar-refractivity contribution in [3.63, 3.8) is 0 Å². The van der Waals surface area contributed by atoms with Crippen LogP contribution in [0.3, 0.4) is 0 Å². The van der Waals surface area contributed by atoms with Crippen LogP contribution in [-0.4, -0.2) is 0 Å². The first kappa shape index (κ1) is 10.5. The minimum Gasteiger partial charge on any atom is -0.354 e. The Morgan fingerprint density at radius 2 is 1.81 bits per heavy atom. The molecule has 0 aliphatic rings. The molecule has 0 unspecified atom stereocenters. The zero-order valence-corrected chi connectivity index (χ0v) is 9.20. The Hall–Kier alpha value is -1.98. The van der Waals surface area contributed by atoms with E-state index in [0.717, 1.165) is 11.4 Å². The molecule has 0 heterocycles. The number of para-hydroxylation sites is 1. The van der Waals surface area contributed by atoms with Crippen molar-refractivity contribution in [1.29, 1.82) is 5.26 Å². The van der Waals surface area contributed by atoms with Crippen LogP contribution >= 0.6 is 11.6 Å². The van der Waals surface area contributed by atoms with E-state index in [1.165, 1.54) is 0 Å². The summed E-state index contributed by atoms with van der Waals surface area (Å²) in [5, 5.41) is 12.7. The monoisotopic (exact) mass is 228 g/mol. The van der Waals surface area contributed by atoms with Crippen LogP contribution in [0.5, 0.6) is 0 Å². The van der Waals surface area contributed by atoms with Gasteiger partial charge in [-0.15, -0.1) is 0 Å². The maximum absolute atomic E-state index is 8.95. The molecule has 0 atom stereocenters. The highest BCUT2D eigenvalue weighted by atomic mass is 35.5. The lowest BCUT2D eigenvalue weighted by Gasteiger charge is -2.08. The summed E-state index contributed by atoms with van der Waals surface area (Å²) < 4.78 is 0. The molecule has 0 amide bonds. The standard InChI is InChI=1S/C13H9ClN2/c14-11-7-6-10(9-15)13(8-11)16-12-4-2-1-3-5-12/h1-8,16H. The minimum absolute atomic E-state index is 0.577. The largest absolute Gasteiger partial charge is 0.354 e. The van der Waals surface area contributed by atoms with E-state index in [-0.39, 0.29) is 0 Å². The topological polar surface area (TPSA) is 35.8 Å². The Balaban J connectivity index is 2.35. The van der Waals surface area contributed by atoms with Gasteiger partial charge < -0.3 is 5.32 Å². The summed E-state index contributed by atoms with van der Waals surface area (Å²) >= 11 is 5.89. The molecule has 0 aliphatic carbocycles. The third-order valence-electron chi connectivity index (χ3n) is 2.15. The van der Waals surface area contributed by atoms with Crippen molar-refractivity contribution in [3.05, 3.63) is 59.1 Å². The quantitative estimate of drug-likeness (QED) is 0.845. The number of hydrogen-bond acceptors (Lipinski definition) is 2. The van der Waals surface area contributed by atoms with Crippen LogP contribution in [0.1, 0.15) is 5.56 Å². The number of nitriles is 1. The van der Waals surface area contributed by atoms with Crippen LogP contribution in [0.25, 0.3) is 0 Å². The highest BCUT2D eigenvalue weighted by Gasteiger charge is 2.02. The average molecular weight is 229 g/mol. The molecule has 16 heavy (non-hydrogen) atoms.